The molecule has 0 spiro atoms. The second-order valence-electron chi connectivity index (χ2n) is 11.4. The zero-order valence-electron chi connectivity index (χ0n) is 23.1. The summed E-state index contributed by atoms with van der Waals surface area (Å²) in [5.41, 5.74) is 13.8. The van der Waals surface area contributed by atoms with Crippen LogP contribution in [0.15, 0.2) is 133 Å². The summed E-state index contributed by atoms with van der Waals surface area (Å²) in [4.78, 5) is 3.67. The molecule has 9 rings (SSSR count). The number of rotatable bonds is 3. The molecule has 0 unspecified atom stereocenters. The van der Waals surface area contributed by atoms with Crippen LogP contribution in [0.25, 0.3) is 77.6 Å². The molecule has 0 saturated heterocycles. The Morgan fingerprint density at radius 2 is 1.21 bits per heavy atom. The van der Waals surface area contributed by atoms with Crippen molar-refractivity contribution < 1.29 is 0 Å². The molecule has 0 bridgehead atoms. The highest BCUT2D eigenvalue weighted by atomic mass is 15.0. The minimum absolute atomic E-state index is 1.10. The number of hydrogen-bond acceptors (Lipinski definition) is 0. The molecule has 0 fully saturated rings. The number of aromatic amines is 1. The number of benzene rings is 6. The molecule has 0 radical (unpaired) electrons. The Labute approximate surface area is 244 Å². The predicted octanol–water partition coefficient (Wildman–Crippen LogP) is 10.7. The van der Waals surface area contributed by atoms with Crippen LogP contribution in [0.1, 0.15) is 17.5 Å². The van der Waals surface area contributed by atoms with Crippen molar-refractivity contribution in [1.29, 1.82) is 0 Å². The van der Waals surface area contributed by atoms with Crippen LogP contribution in [0.2, 0.25) is 0 Å². The van der Waals surface area contributed by atoms with Crippen molar-refractivity contribution in [1.82, 2.24) is 9.55 Å². The molecular weight excluding hydrogens is 508 g/mol. The largest absolute Gasteiger partial charge is 0.355 e. The monoisotopic (exact) mass is 536 g/mol. The van der Waals surface area contributed by atoms with Gasteiger partial charge in [-0.2, -0.15) is 0 Å². The van der Waals surface area contributed by atoms with Gasteiger partial charge in [-0.05, 0) is 94.8 Å². The third-order valence-electron chi connectivity index (χ3n) is 9.00. The number of aromatic nitrogens is 2. The molecule has 198 valence electrons. The average molecular weight is 537 g/mol. The van der Waals surface area contributed by atoms with E-state index in [2.05, 4.69) is 149 Å². The normalized spacial score (nSPS) is 13.0. The van der Waals surface area contributed by atoms with Gasteiger partial charge in [0.25, 0.3) is 0 Å². The topological polar surface area (TPSA) is 20.7 Å². The van der Waals surface area contributed by atoms with E-state index in [0.29, 0.717) is 0 Å². The molecule has 6 aromatic carbocycles. The minimum Gasteiger partial charge on any atom is -0.355 e. The van der Waals surface area contributed by atoms with E-state index in [-0.39, 0.29) is 0 Å². The zero-order chi connectivity index (χ0) is 27.6. The quantitative estimate of drug-likeness (QED) is 0.232. The fourth-order valence-electron chi connectivity index (χ4n) is 6.99. The minimum atomic E-state index is 1.10. The second kappa shape index (κ2) is 9.09. The Bertz CT molecular complexity index is 2330. The van der Waals surface area contributed by atoms with Crippen molar-refractivity contribution in [2.75, 3.05) is 0 Å². The summed E-state index contributed by atoms with van der Waals surface area (Å²) in [6.45, 7) is 0. The van der Waals surface area contributed by atoms with Crippen LogP contribution in [0, 0.1) is 0 Å². The highest BCUT2D eigenvalue weighted by Gasteiger charge is 2.16. The molecule has 1 N–H and O–H groups in total. The van der Waals surface area contributed by atoms with E-state index in [9.17, 15) is 0 Å². The Balaban J connectivity index is 1.20. The van der Waals surface area contributed by atoms with Crippen LogP contribution in [-0.4, -0.2) is 9.55 Å². The van der Waals surface area contributed by atoms with Gasteiger partial charge in [0.05, 0.1) is 11.0 Å². The van der Waals surface area contributed by atoms with Crippen LogP contribution in [0.4, 0.5) is 0 Å². The molecular formula is C40H28N2. The maximum atomic E-state index is 3.67. The van der Waals surface area contributed by atoms with Crippen molar-refractivity contribution in [3.8, 4) is 27.9 Å². The predicted molar refractivity (Wildman–Crippen MR) is 178 cm³/mol. The van der Waals surface area contributed by atoms with Crippen molar-refractivity contribution in [2.45, 2.75) is 12.8 Å². The van der Waals surface area contributed by atoms with Crippen LogP contribution in [-0.2, 0) is 6.42 Å². The van der Waals surface area contributed by atoms with Crippen molar-refractivity contribution >= 4 is 49.7 Å². The number of para-hydroxylation sites is 1. The maximum Gasteiger partial charge on any atom is 0.0541 e. The fourth-order valence-corrected chi connectivity index (χ4v) is 6.99. The van der Waals surface area contributed by atoms with Gasteiger partial charge >= 0.3 is 0 Å². The number of allylic oxidation sites excluding steroid dienone is 1. The lowest BCUT2D eigenvalue weighted by Gasteiger charge is -2.12. The lowest BCUT2D eigenvalue weighted by Crippen LogP contribution is -1.94. The van der Waals surface area contributed by atoms with Gasteiger partial charge in [-0.25, -0.2) is 0 Å². The molecule has 2 heteroatoms. The Morgan fingerprint density at radius 3 is 2.10 bits per heavy atom. The summed E-state index contributed by atoms with van der Waals surface area (Å²) in [6.07, 6.45) is 6.77. The smallest absolute Gasteiger partial charge is 0.0541 e. The first-order valence-electron chi connectivity index (χ1n) is 14.8. The van der Waals surface area contributed by atoms with Gasteiger partial charge in [-0.1, -0.05) is 91.0 Å². The number of hydrogen-bond donors (Lipinski definition) is 1. The van der Waals surface area contributed by atoms with E-state index in [1.165, 1.54) is 82.7 Å². The lowest BCUT2D eigenvalue weighted by molar-refractivity contribution is 0.998. The van der Waals surface area contributed by atoms with Gasteiger partial charge in [0.2, 0.25) is 0 Å². The van der Waals surface area contributed by atoms with Gasteiger partial charge < -0.3 is 9.55 Å². The number of aryl methyl sites for hydroxylation is 1. The highest BCUT2D eigenvalue weighted by molar-refractivity contribution is 6.13. The van der Waals surface area contributed by atoms with Crippen molar-refractivity contribution in [3.63, 3.8) is 0 Å². The third kappa shape index (κ3) is 3.52. The third-order valence-corrected chi connectivity index (χ3v) is 9.00. The van der Waals surface area contributed by atoms with Crippen LogP contribution in [0.5, 0.6) is 0 Å². The Kier molecular flexibility index (Phi) is 5.06. The van der Waals surface area contributed by atoms with Crippen LogP contribution >= 0.6 is 0 Å². The SMILES string of the molecule is C1=Cc2ccc3[nH]c4ccc(-c5ccc6c(c5)c5ccccc5n6-c5ccc(-c6ccccc6)cc5)cc4c3c2CC1. The van der Waals surface area contributed by atoms with Crippen LogP contribution in [0.3, 0.4) is 0 Å². The Morgan fingerprint density at radius 1 is 0.524 bits per heavy atom. The molecule has 2 nitrogen and oxygen atoms in total. The number of fused-ring (bicyclic) bond motifs is 8. The summed E-state index contributed by atoms with van der Waals surface area (Å²) >= 11 is 0. The van der Waals surface area contributed by atoms with E-state index in [0.717, 1.165) is 12.8 Å². The standard InChI is InChI=1S/C40H28N2/c1-2-8-26(9-3-1)27-14-19-31(20-15-27)42-38-13-7-6-12-33(38)34-24-30(18-23-39(34)42)29-17-21-36-35(25-29)40-32-11-5-4-10-28(32)16-22-37(40)41-36/h1-4,6-10,12-25,41H,5,11H2. The molecule has 2 heterocycles. The van der Waals surface area contributed by atoms with Gasteiger partial charge in [0, 0.05) is 38.3 Å². The summed E-state index contributed by atoms with van der Waals surface area (Å²) in [7, 11) is 0. The first-order valence-corrected chi connectivity index (χ1v) is 14.8. The summed E-state index contributed by atoms with van der Waals surface area (Å²) in [6, 6.07) is 46.6. The number of nitrogens with zero attached hydrogens (tertiary/aromatic N) is 1. The van der Waals surface area contributed by atoms with E-state index in [1.54, 1.807) is 0 Å². The Hall–Kier alpha value is -5.34. The van der Waals surface area contributed by atoms with E-state index < -0.39 is 0 Å². The fraction of sp³-hybridized carbons (Fsp3) is 0.0500. The van der Waals surface area contributed by atoms with Gasteiger partial charge in [0.1, 0.15) is 0 Å². The lowest BCUT2D eigenvalue weighted by atomic mass is 9.92. The second-order valence-corrected chi connectivity index (χ2v) is 11.4. The molecule has 0 amide bonds. The summed E-state index contributed by atoms with van der Waals surface area (Å²) in [5, 5.41) is 5.24. The molecule has 0 aliphatic heterocycles. The molecule has 1 aliphatic rings. The van der Waals surface area contributed by atoms with Crippen molar-refractivity contribution in [2.24, 2.45) is 0 Å². The molecule has 0 atom stereocenters. The molecule has 42 heavy (non-hydrogen) atoms. The first kappa shape index (κ1) is 23.4. The van der Waals surface area contributed by atoms with E-state index in [4.69, 9.17) is 0 Å². The van der Waals surface area contributed by atoms with Crippen molar-refractivity contribution in [3.05, 3.63) is 145 Å². The number of H-pyrrole nitrogens is 1. The zero-order valence-corrected chi connectivity index (χ0v) is 23.1. The summed E-state index contributed by atoms with van der Waals surface area (Å²) in [5.74, 6) is 0. The molecule has 2 aromatic heterocycles. The summed E-state index contributed by atoms with van der Waals surface area (Å²) < 4.78 is 2.39. The van der Waals surface area contributed by atoms with Gasteiger partial charge in [-0.3, -0.25) is 0 Å². The number of nitrogens with one attached hydrogen (secondary N) is 1. The molecule has 0 saturated carbocycles. The van der Waals surface area contributed by atoms with E-state index in [1.807, 2.05) is 0 Å². The molecule has 8 aromatic rings. The maximum absolute atomic E-state index is 3.67. The first-order chi connectivity index (χ1) is 20.8. The van der Waals surface area contributed by atoms with Crippen LogP contribution < -0.4 is 0 Å². The molecule has 1 aliphatic carbocycles. The van der Waals surface area contributed by atoms with E-state index >= 15 is 0 Å². The van der Waals surface area contributed by atoms with Gasteiger partial charge in [0.15, 0.2) is 0 Å². The van der Waals surface area contributed by atoms with Gasteiger partial charge in [-0.15, -0.1) is 0 Å². The average Bonchev–Trinajstić information content (AvgIpc) is 3.60. The highest BCUT2D eigenvalue weighted by Crippen LogP contribution is 2.38.